The van der Waals surface area contributed by atoms with Crippen LogP contribution in [0.25, 0.3) is 0 Å². The first-order valence-corrected chi connectivity index (χ1v) is 7.84. The number of halogens is 1. The lowest BCUT2D eigenvalue weighted by atomic mass is 10.2. The predicted molar refractivity (Wildman–Crippen MR) is 92.3 cm³/mol. The lowest BCUT2D eigenvalue weighted by molar-refractivity contribution is -0.123. The van der Waals surface area contributed by atoms with Crippen molar-refractivity contribution in [2.45, 2.75) is 13.0 Å². The largest absolute Gasteiger partial charge is 0.507 e. The number of rotatable bonds is 5. The van der Waals surface area contributed by atoms with Gasteiger partial charge in [0, 0.05) is 16.2 Å². The van der Waals surface area contributed by atoms with Crippen molar-refractivity contribution in [2.75, 3.05) is 12.4 Å². The third-order valence-corrected chi connectivity index (χ3v) is 3.66. The van der Waals surface area contributed by atoms with E-state index in [1.54, 1.807) is 18.2 Å². The Morgan fingerprint density at radius 1 is 1.21 bits per heavy atom. The van der Waals surface area contributed by atoms with E-state index >= 15 is 0 Å². The van der Waals surface area contributed by atoms with Crippen LogP contribution in [0.5, 0.6) is 11.5 Å². The van der Waals surface area contributed by atoms with Crippen LogP contribution in [0.3, 0.4) is 0 Å². The van der Waals surface area contributed by atoms with E-state index in [2.05, 4.69) is 21.2 Å². The number of benzene rings is 2. The van der Waals surface area contributed by atoms with E-state index in [9.17, 15) is 14.7 Å². The van der Waals surface area contributed by atoms with Crippen LogP contribution in [0.15, 0.2) is 46.9 Å². The van der Waals surface area contributed by atoms with Crippen molar-refractivity contribution in [3.63, 3.8) is 0 Å². The monoisotopic (exact) mass is 393 g/mol. The SMILES string of the molecule is COc1ccc(C(=O)O[C@H](C)C(=O)Nc2cccc(Br)c2)c(O)c1. The summed E-state index contributed by atoms with van der Waals surface area (Å²) in [7, 11) is 1.45. The molecule has 6 nitrogen and oxygen atoms in total. The Balaban J connectivity index is 2.01. The van der Waals surface area contributed by atoms with Crippen molar-refractivity contribution in [1.29, 1.82) is 0 Å². The third-order valence-electron chi connectivity index (χ3n) is 3.17. The smallest absolute Gasteiger partial charge is 0.342 e. The van der Waals surface area contributed by atoms with Gasteiger partial charge in [-0.1, -0.05) is 22.0 Å². The van der Waals surface area contributed by atoms with E-state index in [1.807, 2.05) is 6.07 Å². The number of hydrogen-bond acceptors (Lipinski definition) is 5. The zero-order chi connectivity index (χ0) is 17.7. The molecule has 0 aliphatic carbocycles. The molecule has 2 aromatic rings. The molecule has 1 atom stereocenters. The molecule has 2 N–H and O–H groups in total. The average Bonchev–Trinajstić information content (AvgIpc) is 2.54. The quantitative estimate of drug-likeness (QED) is 0.760. The molecule has 0 fully saturated rings. The van der Waals surface area contributed by atoms with Gasteiger partial charge in [-0.25, -0.2) is 4.79 Å². The average molecular weight is 394 g/mol. The Morgan fingerprint density at radius 3 is 2.58 bits per heavy atom. The second-order valence-electron chi connectivity index (χ2n) is 4.93. The summed E-state index contributed by atoms with van der Waals surface area (Å²) in [5, 5.41) is 12.5. The van der Waals surface area contributed by atoms with Gasteiger partial charge in [-0.2, -0.15) is 0 Å². The maximum Gasteiger partial charge on any atom is 0.342 e. The summed E-state index contributed by atoms with van der Waals surface area (Å²) in [6.07, 6.45) is -1.03. The summed E-state index contributed by atoms with van der Waals surface area (Å²) >= 11 is 3.30. The third kappa shape index (κ3) is 4.48. The molecule has 0 saturated heterocycles. The minimum absolute atomic E-state index is 0.0436. The highest BCUT2D eigenvalue weighted by Gasteiger charge is 2.21. The van der Waals surface area contributed by atoms with Crippen molar-refractivity contribution < 1.29 is 24.2 Å². The standard InChI is InChI=1S/C17H16BrNO5/c1-10(16(21)19-12-5-3-4-11(18)8-12)24-17(22)14-7-6-13(23-2)9-15(14)20/h3-10,20H,1-2H3,(H,19,21)/t10-/m1/s1. The topological polar surface area (TPSA) is 84.9 Å². The van der Waals surface area contributed by atoms with Gasteiger partial charge in [-0.15, -0.1) is 0 Å². The number of phenols is 1. The van der Waals surface area contributed by atoms with Gasteiger partial charge < -0.3 is 19.9 Å². The molecule has 7 heteroatoms. The van der Waals surface area contributed by atoms with Gasteiger partial charge in [0.05, 0.1) is 7.11 Å². The van der Waals surface area contributed by atoms with E-state index in [4.69, 9.17) is 9.47 Å². The first-order chi connectivity index (χ1) is 11.4. The Kier molecular flexibility index (Phi) is 5.81. The molecule has 1 amide bonds. The molecule has 0 saturated carbocycles. The number of amides is 1. The highest BCUT2D eigenvalue weighted by molar-refractivity contribution is 9.10. The first-order valence-electron chi connectivity index (χ1n) is 7.05. The van der Waals surface area contributed by atoms with Gasteiger partial charge >= 0.3 is 5.97 Å². The van der Waals surface area contributed by atoms with Gasteiger partial charge in [0.15, 0.2) is 6.10 Å². The normalized spacial score (nSPS) is 11.5. The molecule has 126 valence electrons. The van der Waals surface area contributed by atoms with E-state index < -0.39 is 18.0 Å². The summed E-state index contributed by atoms with van der Waals surface area (Å²) in [4.78, 5) is 24.2. The highest BCUT2D eigenvalue weighted by Crippen LogP contribution is 2.24. The van der Waals surface area contributed by atoms with Crippen LogP contribution in [0.2, 0.25) is 0 Å². The summed E-state index contributed by atoms with van der Waals surface area (Å²) in [5.41, 5.74) is 0.530. The summed E-state index contributed by atoms with van der Waals surface area (Å²) < 4.78 is 10.8. The number of methoxy groups -OCH3 is 1. The highest BCUT2D eigenvalue weighted by atomic mass is 79.9. The molecule has 2 rings (SSSR count). The number of hydrogen-bond donors (Lipinski definition) is 2. The summed E-state index contributed by atoms with van der Waals surface area (Å²) in [6, 6.07) is 11.2. The molecule has 0 unspecified atom stereocenters. The van der Waals surface area contributed by atoms with E-state index in [0.717, 1.165) is 4.47 Å². The van der Waals surface area contributed by atoms with Gasteiger partial charge in [0.1, 0.15) is 17.1 Å². The zero-order valence-corrected chi connectivity index (χ0v) is 14.7. The molecular weight excluding hydrogens is 378 g/mol. The Labute approximate surface area is 147 Å². The first kappa shape index (κ1) is 17.8. The van der Waals surface area contributed by atoms with Crippen LogP contribution in [0.1, 0.15) is 17.3 Å². The summed E-state index contributed by atoms with van der Waals surface area (Å²) in [5.74, 6) is -1.15. The van der Waals surface area contributed by atoms with Crippen LogP contribution in [-0.4, -0.2) is 30.2 Å². The fourth-order valence-electron chi connectivity index (χ4n) is 1.90. The minimum atomic E-state index is -1.03. The van der Waals surface area contributed by atoms with Crippen LogP contribution < -0.4 is 10.1 Å². The Hall–Kier alpha value is -2.54. The molecule has 0 aromatic heterocycles. The van der Waals surface area contributed by atoms with E-state index in [-0.39, 0.29) is 11.3 Å². The minimum Gasteiger partial charge on any atom is -0.507 e. The number of aromatic hydroxyl groups is 1. The Morgan fingerprint density at radius 2 is 1.96 bits per heavy atom. The maximum absolute atomic E-state index is 12.1. The molecule has 0 spiro atoms. The van der Waals surface area contributed by atoms with Crippen LogP contribution >= 0.6 is 15.9 Å². The fourth-order valence-corrected chi connectivity index (χ4v) is 2.30. The zero-order valence-electron chi connectivity index (χ0n) is 13.1. The number of anilines is 1. The number of carbonyl (C=O) groups excluding carboxylic acids is 2. The van der Waals surface area contributed by atoms with Crippen molar-refractivity contribution >= 4 is 33.5 Å². The number of carbonyl (C=O) groups is 2. The van der Waals surface area contributed by atoms with Crippen LogP contribution in [0.4, 0.5) is 5.69 Å². The number of ether oxygens (including phenoxy) is 2. The predicted octanol–water partition coefficient (Wildman–Crippen LogP) is 3.35. The van der Waals surface area contributed by atoms with E-state index in [1.165, 1.54) is 32.2 Å². The van der Waals surface area contributed by atoms with Crippen LogP contribution in [0, 0.1) is 0 Å². The number of nitrogens with one attached hydrogen (secondary N) is 1. The molecule has 0 aliphatic heterocycles. The van der Waals surface area contributed by atoms with Crippen molar-refractivity contribution in [3.05, 3.63) is 52.5 Å². The molecule has 0 aliphatic rings. The molecule has 2 aromatic carbocycles. The Bertz CT molecular complexity index is 762. The molecule has 0 heterocycles. The maximum atomic E-state index is 12.1. The fraction of sp³-hybridized carbons (Fsp3) is 0.176. The molecule has 0 bridgehead atoms. The number of phenolic OH excluding ortho intramolecular Hbond substituents is 1. The lowest BCUT2D eigenvalue weighted by Crippen LogP contribution is -2.30. The van der Waals surface area contributed by atoms with Crippen LogP contribution in [-0.2, 0) is 9.53 Å². The van der Waals surface area contributed by atoms with Gasteiger partial charge in [-0.3, -0.25) is 4.79 Å². The van der Waals surface area contributed by atoms with Gasteiger partial charge in [-0.05, 0) is 37.3 Å². The number of esters is 1. The molecular formula is C17H16BrNO5. The second-order valence-corrected chi connectivity index (χ2v) is 5.85. The van der Waals surface area contributed by atoms with Crippen molar-refractivity contribution in [1.82, 2.24) is 0 Å². The molecule has 0 radical (unpaired) electrons. The lowest BCUT2D eigenvalue weighted by Gasteiger charge is -2.14. The van der Waals surface area contributed by atoms with Crippen molar-refractivity contribution in [3.8, 4) is 11.5 Å². The van der Waals surface area contributed by atoms with E-state index in [0.29, 0.717) is 11.4 Å². The van der Waals surface area contributed by atoms with Gasteiger partial charge in [0.25, 0.3) is 5.91 Å². The van der Waals surface area contributed by atoms with Gasteiger partial charge in [0.2, 0.25) is 0 Å². The second kappa shape index (κ2) is 7.83. The van der Waals surface area contributed by atoms with Crippen molar-refractivity contribution in [2.24, 2.45) is 0 Å². The summed E-state index contributed by atoms with van der Waals surface area (Å²) in [6.45, 7) is 1.45. The molecule has 24 heavy (non-hydrogen) atoms.